The predicted molar refractivity (Wildman–Crippen MR) is 86.7 cm³/mol. The third kappa shape index (κ3) is 4.67. The fourth-order valence-electron chi connectivity index (χ4n) is 3.33. The molecule has 22 heavy (non-hydrogen) atoms. The van der Waals surface area contributed by atoms with Gasteiger partial charge in [-0.05, 0) is 50.0 Å². The van der Waals surface area contributed by atoms with Gasteiger partial charge in [0.1, 0.15) is 5.75 Å². The molecule has 0 aromatic heterocycles. The first-order valence-corrected chi connectivity index (χ1v) is 9.86. The molecule has 6 nitrogen and oxygen atoms in total. The molecule has 1 aliphatic heterocycles. The molecule has 0 radical (unpaired) electrons. The van der Waals surface area contributed by atoms with E-state index in [2.05, 4.69) is 11.6 Å². The van der Waals surface area contributed by atoms with E-state index < -0.39 is 15.8 Å². The summed E-state index contributed by atoms with van der Waals surface area (Å²) >= 11 is 0. The van der Waals surface area contributed by atoms with E-state index in [1.807, 2.05) is 6.92 Å². The number of hydrogen-bond donors (Lipinski definition) is 2. The highest BCUT2D eigenvalue weighted by Crippen LogP contribution is 2.28. The van der Waals surface area contributed by atoms with E-state index >= 15 is 0 Å². The number of amides is 1. The molecule has 0 aromatic rings. The molecular formula is C15H29N3O3S. The van der Waals surface area contributed by atoms with Gasteiger partial charge in [0.05, 0.1) is 0 Å². The number of likely N-dealkylation sites (tertiary alicyclic amines) is 1. The number of nitrogens with zero attached hydrogens (tertiary/aromatic N) is 1. The Balaban J connectivity index is 1.85. The van der Waals surface area contributed by atoms with Gasteiger partial charge in [-0.3, -0.25) is 4.79 Å². The fourth-order valence-corrected chi connectivity index (χ4v) is 4.67. The van der Waals surface area contributed by atoms with Gasteiger partial charge in [-0.1, -0.05) is 13.8 Å². The Labute approximate surface area is 133 Å². The summed E-state index contributed by atoms with van der Waals surface area (Å²) < 4.78 is 27.1. The van der Waals surface area contributed by atoms with Crippen molar-refractivity contribution in [1.29, 1.82) is 0 Å². The van der Waals surface area contributed by atoms with Gasteiger partial charge in [0.2, 0.25) is 15.9 Å². The molecule has 0 spiro atoms. The van der Waals surface area contributed by atoms with E-state index in [4.69, 9.17) is 5.73 Å². The Hall–Kier alpha value is -0.660. The molecule has 1 heterocycles. The van der Waals surface area contributed by atoms with E-state index in [9.17, 15) is 13.2 Å². The molecule has 1 saturated carbocycles. The van der Waals surface area contributed by atoms with Crippen molar-refractivity contribution < 1.29 is 13.2 Å². The minimum Gasteiger partial charge on any atom is -0.341 e. The number of sulfonamides is 1. The normalized spacial score (nSPS) is 33.1. The SMILES string of the molecule is CC1CCC(NS(=O)(=O)CC(=O)N2CCC(C)(CN)C2)CC1. The zero-order valence-electron chi connectivity index (χ0n) is 13.7. The van der Waals surface area contributed by atoms with Crippen LogP contribution < -0.4 is 10.5 Å². The fraction of sp³-hybridized carbons (Fsp3) is 0.933. The van der Waals surface area contributed by atoms with Crippen LogP contribution in [0.1, 0.15) is 46.0 Å². The quantitative estimate of drug-likeness (QED) is 0.775. The number of carbonyl (C=O) groups is 1. The van der Waals surface area contributed by atoms with Gasteiger partial charge < -0.3 is 10.6 Å². The van der Waals surface area contributed by atoms with Gasteiger partial charge in [0, 0.05) is 19.1 Å². The first kappa shape index (κ1) is 17.7. The van der Waals surface area contributed by atoms with Crippen LogP contribution in [0.2, 0.25) is 0 Å². The lowest BCUT2D eigenvalue weighted by atomic mass is 9.88. The average molecular weight is 331 g/mol. The Morgan fingerprint density at radius 2 is 1.95 bits per heavy atom. The Morgan fingerprint density at radius 3 is 2.50 bits per heavy atom. The number of carbonyl (C=O) groups excluding carboxylic acids is 1. The third-order valence-corrected chi connectivity index (χ3v) is 6.40. The summed E-state index contributed by atoms with van der Waals surface area (Å²) in [7, 11) is -3.55. The molecule has 7 heteroatoms. The molecule has 2 aliphatic rings. The summed E-state index contributed by atoms with van der Waals surface area (Å²) in [6.45, 7) is 5.90. The molecule has 1 saturated heterocycles. The molecule has 1 aliphatic carbocycles. The topological polar surface area (TPSA) is 92.5 Å². The highest BCUT2D eigenvalue weighted by molar-refractivity contribution is 7.90. The monoisotopic (exact) mass is 331 g/mol. The van der Waals surface area contributed by atoms with Crippen LogP contribution in [0.4, 0.5) is 0 Å². The molecule has 2 rings (SSSR count). The van der Waals surface area contributed by atoms with E-state index in [1.54, 1.807) is 4.90 Å². The van der Waals surface area contributed by atoms with Crippen molar-refractivity contribution in [2.45, 2.75) is 52.0 Å². The summed E-state index contributed by atoms with van der Waals surface area (Å²) in [5, 5.41) is 0. The van der Waals surface area contributed by atoms with Gasteiger partial charge in [-0.2, -0.15) is 0 Å². The van der Waals surface area contributed by atoms with Gasteiger partial charge in [-0.15, -0.1) is 0 Å². The summed E-state index contributed by atoms with van der Waals surface area (Å²) in [6.07, 6.45) is 4.65. The van der Waals surface area contributed by atoms with Crippen molar-refractivity contribution >= 4 is 15.9 Å². The lowest BCUT2D eigenvalue weighted by molar-refractivity contribution is -0.127. The highest BCUT2D eigenvalue weighted by atomic mass is 32.2. The number of nitrogens with one attached hydrogen (secondary N) is 1. The zero-order chi connectivity index (χ0) is 16.4. The van der Waals surface area contributed by atoms with Gasteiger partial charge >= 0.3 is 0 Å². The van der Waals surface area contributed by atoms with Gasteiger partial charge in [-0.25, -0.2) is 13.1 Å². The van der Waals surface area contributed by atoms with Crippen LogP contribution in [0, 0.1) is 11.3 Å². The first-order chi connectivity index (χ1) is 10.2. The molecule has 128 valence electrons. The van der Waals surface area contributed by atoms with Gasteiger partial charge in [0.15, 0.2) is 0 Å². The minimum atomic E-state index is -3.55. The smallest absolute Gasteiger partial charge is 0.239 e. The summed E-state index contributed by atoms with van der Waals surface area (Å²) in [6, 6.07) is -0.0121. The molecule has 0 aromatic carbocycles. The highest BCUT2D eigenvalue weighted by Gasteiger charge is 2.36. The van der Waals surface area contributed by atoms with Crippen LogP contribution in [-0.4, -0.2) is 50.7 Å². The van der Waals surface area contributed by atoms with Crippen molar-refractivity contribution in [3.8, 4) is 0 Å². The van der Waals surface area contributed by atoms with Crippen LogP contribution in [0.5, 0.6) is 0 Å². The lowest BCUT2D eigenvalue weighted by Crippen LogP contribution is -2.44. The van der Waals surface area contributed by atoms with E-state index in [-0.39, 0.29) is 17.4 Å². The minimum absolute atomic E-state index is 0.0121. The van der Waals surface area contributed by atoms with Crippen LogP contribution in [0.25, 0.3) is 0 Å². The maximum absolute atomic E-state index is 12.2. The van der Waals surface area contributed by atoms with Crippen molar-refractivity contribution in [1.82, 2.24) is 9.62 Å². The second kappa shape index (κ2) is 6.84. The van der Waals surface area contributed by atoms with Crippen molar-refractivity contribution in [2.75, 3.05) is 25.4 Å². The number of hydrogen-bond acceptors (Lipinski definition) is 4. The van der Waals surface area contributed by atoms with Gasteiger partial charge in [0.25, 0.3) is 0 Å². The Morgan fingerprint density at radius 1 is 1.32 bits per heavy atom. The van der Waals surface area contributed by atoms with Crippen molar-refractivity contribution in [2.24, 2.45) is 17.1 Å². The van der Waals surface area contributed by atoms with E-state index in [0.717, 1.165) is 32.1 Å². The maximum atomic E-state index is 12.2. The van der Waals surface area contributed by atoms with Crippen LogP contribution in [-0.2, 0) is 14.8 Å². The molecule has 0 bridgehead atoms. The summed E-state index contributed by atoms with van der Waals surface area (Å²) in [5.41, 5.74) is 5.65. The second-order valence-corrected chi connectivity index (χ2v) is 9.17. The number of rotatable bonds is 5. The molecule has 1 amide bonds. The molecule has 3 N–H and O–H groups in total. The molecular weight excluding hydrogens is 302 g/mol. The van der Waals surface area contributed by atoms with Crippen LogP contribution in [0.15, 0.2) is 0 Å². The lowest BCUT2D eigenvalue weighted by Gasteiger charge is -2.27. The van der Waals surface area contributed by atoms with E-state index in [0.29, 0.717) is 25.6 Å². The van der Waals surface area contributed by atoms with Crippen LogP contribution >= 0.6 is 0 Å². The second-order valence-electron chi connectivity index (χ2n) is 7.41. The standard InChI is InChI=1S/C15H29N3O3S/c1-12-3-5-13(6-4-12)17-22(20,21)9-14(19)18-8-7-15(2,10-16)11-18/h12-13,17H,3-11,16H2,1-2H3. The summed E-state index contributed by atoms with van der Waals surface area (Å²) in [5.74, 6) is -0.0885. The molecule has 2 fully saturated rings. The third-order valence-electron chi connectivity index (χ3n) is 5.08. The van der Waals surface area contributed by atoms with Crippen molar-refractivity contribution in [3.05, 3.63) is 0 Å². The van der Waals surface area contributed by atoms with E-state index in [1.165, 1.54) is 0 Å². The molecule has 1 unspecified atom stereocenters. The van der Waals surface area contributed by atoms with Crippen LogP contribution in [0.3, 0.4) is 0 Å². The Bertz CT molecular complexity index is 500. The van der Waals surface area contributed by atoms with Crippen molar-refractivity contribution in [3.63, 3.8) is 0 Å². The maximum Gasteiger partial charge on any atom is 0.239 e. The first-order valence-electron chi connectivity index (χ1n) is 8.21. The summed E-state index contributed by atoms with van der Waals surface area (Å²) in [4.78, 5) is 13.9. The Kier molecular flexibility index (Phi) is 5.50. The molecule has 1 atom stereocenters. The number of nitrogens with two attached hydrogens (primary N) is 1. The largest absolute Gasteiger partial charge is 0.341 e. The average Bonchev–Trinajstić information content (AvgIpc) is 2.84. The predicted octanol–water partition coefficient (Wildman–Crippen LogP) is 0.682. The zero-order valence-corrected chi connectivity index (χ0v) is 14.5.